The number of carbonyl (C=O) groups excluding carboxylic acids is 3. The number of rotatable bonds is 9. The summed E-state index contributed by atoms with van der Waals surface area (Å²) in [4.78, 5) is 42.2. The normalized spacial score (nSPS) is 17.7. The Balaban J connectivity index is 1.30. The summed E-state index contributed by atoms with van der Waals surface area (Å²) >= 11 is 6.27. The van der Waals surface area contributed by atoms with Crippen molar-refractivity contribution in [2.24, 2.45) is 5.92 Å². The van der Waals surface area contributed by atoms with Gasteiger partial charge in [0.2, 0.25) is 11.8 Å². The largest absolute Gasteiger partial charge is 0.496 e. The highest BCUT2D eigenvalue weighted by Crippen LogP contribution is 2.42. The lowest BCUT2D eigenvalue weighted by Crippen LogP contribution is -2.50. The number of anilines is 1. The van der Waals surface area contributed by atoms with E-state index in [0.717, 1.165) is 34.9 Å². The van der Waals surface area contributed by atoms with Crippen LogP contribution in [-0.4, -0.2) is 41.9 Å². The van der Waals surface area contributed by atoms with E-state index in [-0.39, 0.29) is 12.3 Å². The third-order valence-corrected chi connectivity index (χ3v) is 7.56. The van der Waals surface area contributed by atoms with E-state index in [1.807, 2.05) is 31.2 Å². The van der Waals surface area contributed by atoms with Gasteiger partial charge in [0.05, 0.1) is 29.8 Å². The minimum Gasteiger partial charge on any atom is -0.496 e. The highest BCUT2D eigenvalue weighted by Gasteiger charge is 2.37. The van der Waals surface area contributed by atoms with Gasteiger partial charge in [0.25, 0.3) is 5.91 Å². The number of hydrogen-bond donors (Lipinski definition) is 4. The molecule has 9 nitrogen and oxygen atoms in total. The fourth-order valence-electron chi connectivity index (χ4n) is 5.07. The number of aryl methyl sites for hydroxylation is 1. The van der Waals surface area contributed by atoms with Crippen molar-refractivity contribution in [1.82, 2.24) is 15.6 Å². The molecule has 2 aromatic carbocycles. The summed E-state index contributed by atoms with van der Waals surface area (Å²) in [5.74, 6) is -0.782. The lowest BCUT2D eigenvalue weighted by molar-refractivity contribution is -0.124. The number of halogens is 1. The van der Waals surface area contributed by atoms with E-state index in [2.05, 4.69) is 27.0 Å². The van der Waals surface area contributed by atoms with Crippen molar-refractivity contribution < 1.29 is 19.1 Å². The molecule has 1 aromatic heterocycles. The molecule has 3 atom stereocenters. The molecule has 2 heterocycles. The lowest BCUT2D eigenvalue weighted by atomic mass is 9.90. The molecule has 38 heavy (non-hydrogen) atoms. The molecule has 2 aliphatic rings. The van der Waals surface area contributed by atoms with E-state index in [9.17, 15) is 19.6 Å². The van der Waals surface area contributed by atoms with Crippen LogP contribution in [0.15, 0.2) is 36.4 Å². The van der Waals surface area contributed by atoms with Gasteiger partial charge in [-0.05, 0) is 61.1 Å². The van der Waals surface area contributed by atoms with Crippen LogP contribution in [0.1, 0.15) is 53.2 Å². The zero-order valence-corrected chi connectivity index (χ0v) is 21.8. The number of aromatic amines is 1. The van der Waals surface area contributed by atoms with Crippen molar-refractivity contribution in [2.75, 3.05) is 12.4 Å². The number of hydrogen-bond acceptors (Lipinski definition) is 5. The van der Waals surface area contributed by atoms with E-state index >= 15 is 0 Å². The Hall–Kier alpha value is -4.03. The minimum absolute atomic E-state index is 0.0914. The van der Waals surface area contributed by atoms with Crippen LogP contribution >= 0.6 is 11.6 Å². The van der Waals surface area contributed by atoms with Gasteiger partial charge in [0, 0.05) is 10.9 Å². The number of nitriles is 1. The summed E-state index contributed by atoms with van der Waals surface area (Å²) in [7, 11) is 1.56. The molecule has 196 valence electrons. The number of aromatic nitrogens is 1. The highest BCUT2D eigenvalue weighted by molar-refractivity contribution is 6.34. The third-order valence-electron chi connectivity index (χ3n) is 7.25. The topological polar surface area (TPSA) is 136 Å². The average molecular weight is 534 g/mol. The van der Waals surface area contributed by atoms with Gasteiger partial charge in [-0.1, -0.05) is 36.6 Å². The number of benzene rings is 2. The molecule has 0 saturated heterocycles. The number of H-pyrrole nitrogens is 1. The maximum absolute atomic E-state index is 13.3. The van der Waals surface area contributed by atoms with E-state index < -0.39 is 29.8 Å². The van der Waals surface area contributed by atoms with Crippen molar-refractivity contribution in [3.63, 3.8) is 0 Å². The van der Waals surface area contributed by atoms with Crippen LogP contribution in [0.3, 0.4) is 0 Å². The standard InChI is InChI=1S/C28H28ClN5O4/c1-14-6-9-19(29)25-24(14)18(26(35)34-25)11-16(13-30)31-27(36)21(10-15-7-8-15)33-28(37)22-12-17-20(32-22)4-3-5-23(17)38-2/h3-6,9,12,15-16,18,21,32H,7-8,10-11H2,1-2H3,(H,31,36)(H,33,37)(H,34,35)/t16-,18+,21-/m0/s1. The summed E-state index contributed by atoms with van der Waals surface area (Å²) in [5.41, 5.74) is 3.23. The Morgan fingerprint density at radius 1 is 1.21 bits per heavy atom. The van der Waals surface area contributed by atoms with E-state index in [1.54, 1.807) is 19.2 Å². The predicted octanol–water partition coefficient (Wildman–Crippen LogP) is 4.17. The van der Waals surface area contributed by atoms with Gasteiger partial charge in [0.15, 0.2) is 0 Å². The first kappa shape index (κ1) is 25.6. The number of fused-ring (bicyclic) bond motifs is 2. The van der Waals surface area contributed by atoms with Crippen LogP contribution < -0.4 is 20.7 Å². The van der Waals surface area contributed by atoms with Crippen LogP contribution in [0.4, 0.5) is 5.69 Å². The molecule has 1 aliphatic heterocycles. The fraction of sp³-hybridized carbons (Fsp3) is 0.357. The Bertz CT molecular complexity index is 1470. The van der Waals surface area contributed by atoms with Crippen LogP contribution in [-0.2, 0) is 9.59 Å². The number of ether oxygens (including phenoxy) is 1. The Morgan fingerprint density at radius 2 is 2.00 bits per heavy atom. The van der Waals surface area contributed by atoms with Gasteiger partial charge in [-0.15, -0.1) is 0 Å². The highest BCUT2D eigenvalue weighted by atomic mass is 35.5. The molecule has 4 N–H and O–H groups in total. The van der Waals surface area contributed by atoms with Crippen LogP contribution in [0, 0.1) is 24.2 Å². The smallest absolute Gasteiger partial charge is 0.268 e. The lowest BCUT2D eigenvalue weighted by Gasteiger charge is -2.21. The van der Waals surface area contributed by atoms with Crippen LogP contribution in [0.2, 0.25) is 5.02 Å². The van der Waals surface area contributed by atoms with Crippen molar-refractivity contribution >= 4 is 45.9 Å². The number of nitrogens with zero attached hydrogens (tertiary/aromatic N) is 1. The zero-order chi connectivity index (χ0) is 27.0. The first-order chi connectivity index (χ1) is 18.3. The third kappa shape index (κ3) is 5.04. The van der Waals surface area contributed by atoms with Crippen molar-refractivity contribution in [3.05, 3.63) is 58.2 Å². The van der Waals surface area contributed by atoms with E-state index in [4.69, 9.17) is 16.3 Å². The second-order valence-corrected chi connectivity index (χ2v) is 10.3. The Labute approximate surface area is 224 Å². The fourth-order valence-corrected chi connectivity index (χ4v) is 5.29. The number of amides is 3. The molecule has 1 aliphatic carbocycles. The molecule has 10 heteroatoms. The molecule has 0 unspecified atom stereocenters. The van der Waals surface area contributed by atoms with E-state index in [1.165, 1.54) is 0 Å². The monoisotopic (exact) mass is 533 g/mol. The molecular formula is C28H28ClN5O4. The Kier molecular flexibility index (Phi) is 7.00. The SMILES string of the molecule is COc1cccc2[nH]c(C(=O)N[C@@H](CC3CC3)C(=O)N[C@H](C#N)C[C@H]3C(=O)Nc4c(Cl)ccc(C)c43)cc12. The summed E-state index contributed by atoms with van der Waals surface area (Å²) in [5, 5.41) is 19.4. The second kappa shape index (κ2) is 10.4. The minimum atomic E-state index is -0.932. The molecule has 3 amide bonds. The van der Waals surface area contributed by atoms with Gasteiger partial charge < -0.3 is 25.7 Å². The van der Waals surface area contributed by atoms with Gasteiger partial charge in [-0.25, -0.2) is 0 Å². The molecule has 1 fully saturated rings. The summed E-state index contributed by atoms with van der Waals surface area (Å²) in [6.45, 7) is 1.88. The predicted molar refractivity (Wildman–Crippen MR) is 143 cm³/mol. The molecule has 3 aromatic rings. The zero-order valence-electron chi connectivity index (χ0n) is 21.1. The molecule has 0 bridgehead atoms. The van der Waals surface area contributed by atoms with Gasteiger partial charge in [-0.2, -0.15) is 5.26 Å². The van der Waals surface area contributed by atoms with Gasteiger partial charge >= 0.3 is 0 Å². The summed E-state index contributed by atoms with van der Waals surface area (Å²) in [6.07, 6.45) is 2.54. The number of carbonyl (C=O) groups is 3. The van der Waals surface area contributed by atoms with Gasteiger partial charge in [-0.3, -0.25) is 14.4 Å². The van der Waals surface area contributed by atoms with Crippen molar-refractivity contribution in [3.8, 4) is 11.8 Å². The van der Waals surface area contributed by atoms with Crippen LogP contribution in [0.5, 0.6) is 5.75 Å². The molecule has 0 radical (unpaired) electrons. The summed E-state index contributed by atoms with van der Waals surface area (Å²) in [6, 6.07) is 11.1. The average Bonchev–Trinajstić information content (AvgIpc) is 3.51. The molecular weight excluding hydrogens is 506 g/mol. The molecule has 1 saturated carbocycles. The number of methoxy groups -OCH3 is 1. The van der Waals surface area contributed by atoms with E-state index in [0.29, 0.717) is 34.5 Å². The first-order valence-electron chi connectivity index (χ1n) is 12.6. The second-order valence-electron chi connectivity index (χ2n) is 9.93. The maximum Gasteiger partial charge on any atom is 0.268 e. The quantitative estimate of drug-likeness (QED) is 0.327. The summed E-state index contributed by atoms with van der Waals surface area (Å²) < 4.78 is 5.37. The van der Waals surface area contributed by atoms with Crippen molar-refractivity contribution in [1.29, 1.82) is 5.26 Å². The van der Waals surface area contributed by atoms with Crippen molar-refractivity contribution in [2.45, 2.75) is 50.6 Å². The first-order valence-corrected chi connectivity index (χ1v) is 12.9. The van der Waals surface area contributed by atoms with Gasteiger partial charge in [0.1, 0.15) is 23.5 Å². The van der Waals surface area contributed by atoms with Crippen LogP contribution in [0.25, 0.3) is 10.9 Å². The Morgan fingerprint density at radius 3 is 2.71 bits per heavy atom. The molecule has 0 spiro atoms. The number of nitrogens with one attached hydrogen (secondary N) is 4. The molecule has 5 rings (SSSR count). The maximum atomic E-state index is 13.3.